The lowest BCUT2D eigenvalue weighted by atomic mass is 10.2. The summed E-state index contributed by atoms with van der Waals surface area (Å²) < 4.78 is 7.41. The third-order valence-corrected chi connectivity index (χ3v) is 3.71. The zero-order chi connectivity index (χ0) is 14.0. The maximum absolute atomic E-state index is 11.0. The first-order valence-electron chi connectivity index (χ1n) is 6.01. The number of hydrogen-bond acceptors (Lipinski definition) is 2. The van der Waals surface area contributed by atoms with Crippen molar-refractivity contribution in [2.45, 2.75) is 20.4 Å². The van der Waals surface area contributed by atoms with E-state index in [1.165, 1.54) is 0 Å². The largest absolute Gasteiger partial charge is 0.496 e. The Labute approximate surface area is 117 Å². The molecule has 0 unspecified atom stereocenters. The third-order valence-electron chi connectivity index (χ3n) is 3.35. The predicted octanol–water partition coefficient (Wildman–Crippen LogP) is 3.63. The fourth-order valence-electron chi connectivity index (χ4n) is 2.23. The van der Waals surface area contributed by atoms with E-state index in [1.807, 2.05) is 38.1 Å². The van der Waals surface area contributed by atoms with Gasteiger partial charge in [0.15, 0.2) is 6.29 Å². The standard InChI is InChI=1S/C15H16ClNO2/c1-10-7-12(9-18)11(2)17(10)8-13-14(16)5-4-6-15(13)19-3/h4-7,9H,8H2,1-3H3. The van der Waals surface area contributed by atoms with Crippen LogP contribution in [0.2, 0.25) is 5.02 Å². The predicted molar refractivity (Wildman–Crippen MR) is 76.4 cm³/mol. The van der Waals surface area contributed by atoms with Gasteiger partial charge in [0.1, 0.15) is 5.75 Å². The molecule has 1 aromatic carbocycles. The van der Waals surface area contributed by atoms with E-state index < -0.39 is 0 Å². The maximum Gasteiger partial charge on any atom is 0.151 e. The molecule has 0 saturated heterocycles. The van der Waals surface area contributed by atoms with Crippen LogP contribution in [0.15, 0.2) is 24.3 Å². The van der Waals surface area contributed by atoms with Crippen molar-refractivity contribution in [3.05, 3.63) is 51.8 Å². The first kappa shape index (κ1) is 13.7. The second-order valence-corrected chi connectivity index (χ2v) is 4.86. The number of halogens is 1. The minimum absolute atomic E-state index is 0.592. The van der Waals surface area contributed by atoms with Gasteiger partial charge < -0.3 is 9.30 Å². The first-order chi connectivity index (χ1) is 9.08. The van der Waals surface area contributed by atoms with Gasteiger partial charge >= 0.3 is 0 Å². The minimum atomic E-state index is 0.592. The van der Waals surface area contributed by atoms with E-state index in [2.05, 4.69) is 4.57 Å². The number of ether oxygens (including phenoxy) is 1. The Morgan fingerprint density at radius 2 is 2.11 bits per heavy atom. The van der Waals surface area contributed by atoms with Crippen molar-refractivity contribution in [2.24, 2.45) is 0 Å². The van der Waals surface area contributed by atoms with E-state index >= 15 is 0 Å². The van der Waals surface area contributed by atoms with Crippen LogP contribution in [0.3, 0.4) is 0 Å². The Morgan fingerprint density at radius 3 is 2.68 bits per heavy atom. The zero-order valence-corrected chi connectivity index (χ0v) is 12.0. The summed E-state index contributed by atoms with van der Waals surface area (Å²) in [6.45, 7) is 4.50. The second-order valence-electron chi connectivity index (χ2n) is 4.45. The molecule has 0 aliphatic carbocycles. The fraction of sp³-hybridized carbons (Fsp3) is 0.267. The number of carbonyl (C=O) groups excluding carboxylic acids is 1. The molecule has 2 rings (SSSR count). The molecule has 3 nitrogen and oxygen atoms in total. The summed E-state index contributed by atoms with van der Waals surface area (Å²) >= 11 is 6.24. The van der Waals surface area contributed by atoms with Gasteiger partial charge in [0.2, 0.25) is 0 Å². The van der Waals surface area contributed by atoms with Gasteiger partial charge in [-0.1, -0.05) is 17.7 Å². The van der Waals surface area contributed by atoms with Crippen LogP contribution in [0.25, 0.3) is 0 Å². The molecule has 4 heteroatoms. The van der Waals surface area contributed by atoms with Crippen LogP contribution in [0, 0.1) is 13.8 Å². The average molecular weight is 278 g/mol. The number of carbonyl (C=O) groups is 1. The van der Waals surface area contributed by atoms with E-state index in [1.54, 1.807) is 7.11 Å². The molecule has 2 aromatic rings. The molecule has 100 valence electrons. The summed E-state index contributed by atoms with van der Waals surface area (Å²) in [7, 11) is 1.63. The lowest BCUT2D eigenvalue weighted by Crippen LogP contribution is -2.06. The molecule has 19 heavy (non-hydrogen) atoms. The third kappa shape index (κ3) is 2.51. The summed E-state index contributed by atoms with van der Waals surface area (Å²) in [6.07, 6.45) is 0.878. The summed E-state index contributed by atoms with van der Waals surface area (Å²) in [5.41, 5.74) is 3.60. The number of aromatic nitrogens is 1. The van der Waals surface area contributed by atoms with Crippen molar-refractivity contribution in [2.75, 3.05) is 7.11 Å². The van der Waals surface area contributed by atoms with E-state index in [0.29, 0.717) is 17.1 Å². The van der Waals surface area contributed by atoms with Gasteiger partial charge in [-0.15, -0.1) is 0 Å². The lowest BCUT2D eigenvalue weighted by Gasteiger charge is -2.14. The average Bonchev–Trinajstić information content (AvgIpc) is 2.68. The molecule has 0 fully saturated rings. The Kier molecular flexibility index (Phi) is 3.96. The Hall–Kier alpha value is -1.74. The Morgan fingerprint density at radius 1 is 1.37 bits per heavy atom. The van der Waals surface area contributed by atoms with Crippen LogP contribution < -0.4 is 4.74 Å². The van der Waals surface area contributed by atoms with Crippen LogP contribution in [0.4, 0.5) is 0 Å². The van der Waals surface area contributed by atoms with Crippen LogP contribution in [0.5, 0.6) is 5.75 Å². The molecule has 0 spiro atoms. The van der Waals surface area contributed by atoms with Crippen molar-refractivity contribution in [1.29, 1.82) is 0 Å². The SMILES string of the molecule is COc1cccc(Cl)c1Cn1c(C)cc(C=O)c1C. The van der Waals surface area contributed by atoms with Crippen LogP contribution >= 0.6 is 11.6 Å². The molecule has 1 aromatic heterocycles. The Bertz CT molecular complexity index is 617. The lowest BCUT2D eigenvalue weighted by molar-refractivity contribution is 0.112. The van der Waals surface area contributed by atoms with Gasteiger partial charge in [-0.2, -0.15) is 0 Å². The molecule has 0 N–H and O–H groups in total. The Balaban J connectivity index is 2.47. The summed E-state index contributed by atoms with van der Waals surface area (Å²) in [6, 6.07) is 7.47. The smallest absolute Gasteiger partial charge is 0.151 e. The molecular formula is C15H16ClNO2. The normalized spacial score (nSPS) is 10.5. The summed E-state index contributed by atoms with van der Waals surface area (Å²) in [5.74, 6) is 0.757. The second kappa shape index (κ2) is 5.49. The van der Waals surface area contributed by atoms with E-state index in [0.717, 1.165) is 29.0 Å². The molecule has 1 heterocycles. The highest BCUT2D eigenvalue weighted by Gasteiger charge is 2.13. The highest BCUT2D eigenvalue weighted by molar-refractivity contribution is 6.31. The molecule has 0 aliphatic heterocycles. The highest BCUT2D eigenvalue weighted by Crippen LogP contribution is 2.28. The van der Waals surface area contributed by atoms with Crippen LogP contribution in [-0.2, 0) is 6.54 Å². The minimum Gasteiger partial charge on any atom is -0.496 e. The first-order valence-corrected chi connectivity index (χ1v) is 6.39. The van der Waals surface area contributed by atoms with Gasteiger partial charge in [0.25, 0.3) is 0 Å². The topological polar surface area (TPSA) is 31.2 Å². The maximum atomic E-state index is 11.0. The van der Waals surface area contributed by atoms with Gasteiger partial charge in [0.05, 0.1) is 13.7 Å². The number of aryl methyl sites for hydroxylation is 1. The van der Waals surface area contributed by atoms with Crippen molar-refractivity contribution in [3.63, 3.8) is 0 Å². The van der Waals surface area contributed by atoms with Gasteiger partial charge in [-0.05, 0) is 32.0 Å². The molecule has 0 saturated carbocycles. The van der Waals surface area contributed by atoms with Gasteiger partial charge in [-0.3, -0.25) is 4.79 Å². The molecule has 0 amide bonds. The van der Waals surface area contributed by atoms with Gasteiger partial charge in [-0.25, -0.2) is 0 Å². The quantitative estimate of drug-likeness (QED) is 0.799. The zero-order valence-electron chi connectivity index (χ0n) is 11.2. The number of benzene rings is 1. The fourth-order valence-corrected chi connectivity index (χ4v) is 2.46. The van der Waals surface area contributed by atoms with Crippen LogP contribution in [0.1, 0.15) is 27.3 Å². The monoisotopic (exact) mass is 277 g/mol. The molecule has 0 bridgehead atoms. The molecule has 0 radical (unpaired) electrons. The summed E-state index contributed by atoms with van der Waals surface area (Å²) in [5, 5.41) is 0.666. The number of hydrogen-bond donors (Lipinski definition) is 0. The highest BCUT2D eigenvalue weighted by atomic mass is 35.5. The van der Waals surface area contributed by atoms with Crippen molar-refractivity contribution in [3.8, 4) is 5.75 Å². The molecule has 0 aliphatic rings. The van der Waals surface area contributed by atoms with Gasteiger partial charge in [0, 0.05) is 27.5 Å². The number of rotatable bonds is 4. The molecule has 0 atom stereocenters. The van der Waals surface area contributed by atoms with E-state index in [9.17, 15) is 4.79 Å². The number of aldehydes is 1. The summed E-state index contributed by atoms with van der Waals surface area (Å²) in [4.78, 5) is 11.0. The molecular weight excluding hydrogens is 262 g/mol. The van der Waals surface area contributed by atoms with E-state index in [4.69, 9.17) is 16.3 Å². The van der Waals surface area contributed by atoms with Crippen molar-refractivity contribution < 1.29 is 9.53 Å². The van der Waals surface area contributed by atoms with Crippen molar-refractivity contribution >= 4 is 17.9 Å². The van der Waals surface area contributed by atoms with E-state index in [-0.39, 0.29) is 0 Å². The van der Waals surface area contributed by atoms with Crippen LogP contribution in [-0.4, -0.2) is 18.0 Å². The number of nitrogens with zero attached hydrogens (tertiary/aromatic N) is 1. The van der Waals surface area contributed by atoms with Crippen molar-refractivity contribution in [1.82, 2.24) is 4.57 Å². The number of methoxy groups -OCH3 is 1.